The van der Waals surface area contributed by atoms with E-state index in [-0.39, 0.29) is 0 Å². The molecule has 0 aliphatic carbocycles. The molecule has 118 valence electrons. The highest BCUT2D eigenvalue weighted by atomic mass is 19.4. The van der Waals surface area contributed by atoms with Crippen LogP contribution in [0.4, 0.5) is 13.2 Å². The molecule has 3 nitrogen and oxygen atoms in total. The molecule has 1 saturated heterocycles. The summed E-state index contributed by atoms with van der Waals surface area (Å²) >= 11 is 0. The zero-order valence-corrected chi connectivity index (χ0v) is 11.9. The van der Waals surface area contributed by atoms with Gasteiger partial charge in [-0.2, -0.15) is 13.2 Å². The van der Waals surface area contributed by atoms with E-state index < -0.39 is 17.8 Å². The van der Waals surface area contributed by atoms with Crippen LogP contribution in [0.5, 0.6) is 0 Å². The third kappa shape index (κ3) is 4.98. The molecule has 1 unspecified atom stereocenters. The molecule has 1 aliphatic rings. The first kappa shape index (κ1) is 16.3. The van der Waals surface area contributed by atoms with Crippen LogP contribution in [0.2, 0.25) is 0 Å². The highest BCUT2D eigenvalue weighted by molar-refractivity contribution is 5.26. The van der Waals surface area contributed by atoms with E-state index in [0.29, 0.717) is 12.1 Å². The number of nitrogens with zero attached hydrogens (tertiary/aromatic N) is 1. The Morgan fingerprint density at radius 3 is 2.33 bits per heavy atom. The number of aliphatic hydroxyl groups is 1. The monoisotopic (exact) mass is 302 g/mol. The number of likely N-dealkylation sites (tertiary alicyclic amines) is 1. The number of hydrogen-bond donors (Lipinski definition) is 2. The SMILES string of the molecule is OC(CNCCN1CCCC1)c1ccc(C(F)(F)F)cc1. The number of hydrogen-bond acceptors (Lipinski definition) is 3. The summed E-state index contributed by atoms with van der Waals surface area (Å²) in [7, 11) is 0. The molecule has 1 aromatic rings. The van der Waals surface area contributed by atoms with Gasteiger partial charge in [-0.1, -0.05) is 12.1 Å². The fraction of sp³-hybridized carbons (Fsp3) is 0.600. The van der Waals surface area contributed by atoms with Crippen LogP contribution in [0.3, 0.4) is 0 Å². The van der Waals surface area contributed by atoms with Crippen LogP contribution < -0.4 is 5.32 Å². The molecular formula is C15H21F3N2O. The quantitative estimate of drug-likeness (QED) is 0.792. The molecule has 2 rings (SSSR count). The van der Waals surface area contributed by atoms with E-state index in [1.165, 1.54) is 25.0 Å². The van der Waals surface area contributed by atoms with Gasteiger partial charge in [0.25, 0.3) is 0 Å². The second-order valence-electron chi connectivity index (χ2n) is 5.39. The van der Waals surface area contributed by atoms with Crippen molar-refractivity contribution < 1.29 is 18.3 Å². The van der Waals surface area contributed by atoms with Gasteiger partial charge in [-0.05, 0) is 43.6 Å². The number of benzene rings is 1. The van der Waals surface area contributed by atoms with E-state index in [2.05, 4.69) is 10.2 Å². The maximum Gasteiger partial charge on any atom is 0.416 e. The number of alkyl halides is 3. The molecule has 2 N–H and O–H groups in total. The van der Waals surface area contributed by atoms with Crippen molar-refractivity contribution in [1.82, 2.24) is 10.2 Å². The zero-order chi connectivity index (χ0) is 15.3. The Morgan fingerprint density at radius 1 is 1.14 bits per heavy atom. The average molecular weight is 302 g/mol. The van der Waals surface area contributed by atoms with Crippen molar-refractivity contribution in [2.45, 2.75) is 25.1 Å². The summed E-state index contributed by atoms with van der Waals surface area (Å²) in [6.45, 7) is 4.32. The van der Waals surface area contributed by atoms with Crippen LogP contribution >= 0.6 is 0 Å². The Morgan fingerprint density at radius 2 is 1.76 bits per heavy atom. The lowest BCUT2D eigenvalue weighted by atomic mass is 10.1. The minimum Gasteiger partial charge on any atom is -0.387 e. The Hall–Kier alpha value is -1.11. The smallest absolute Gasteiger partial charge is 0.387 e. The fourth-order valence-electron chi connectivity index (χ4n) is 2.49. The molecule has 0 radical (unpaired) electrons. The molecule has 1 atom stereocenters. The molecule has 1 heterocycles. The maximum atomic E-state index is 12.4. The Labute approximate surface area is 122 Å². The standard InChI is InChI=1S/C15H21F3N2O/c16-15(17,18)13-5-3-12(4-6-13)14(21)11-19-7-10-20-8-1-2-9-20/h3-6,14,19,21H,1-2,7-11H2. The minimum atomic E-state index is -4.34. The summed E-state index contributed by atoms with van der Waals surface area (Å²) in [6.07, 6.45) is -2.63. The summed E-state index contributed by atoms with van der Waals surface area (Å²) in [5.41, 5.74) is -0.197. The van der Waals surface area contributed by atoms with Crippen LogP contribution in [0.1, 0.15) is 30.1 Å². The second-order valence-corrected chi connectivity index (χ2v) is 5.39. The Balaban J connectivity index is 1.73. The van der Waals surface area contributed by atoms with Gasteiger partial charge < -0.3 is 15.3 Å². The first-order valence-corrected chi connectivity index (χ1v) is 7.25. The molecule has 6 heteroatoms. The number of halogens is 3. The van der Waals surface area contributed by atoms with Crippen LogP contribution in [-0.4, -0.2) is 42.7 Å². The van der Waals surface area contributed by atoms with E-state index in [9.17, 15) is 18.3 Å². The predicted molar refractivity (Wildman–Crippen MR) is 74.9 cm³/mol. The van der Waals surface area contributed by atoms with Crippen LogP contribution in [0.25, 0.3) is 0 Å². The number of nitrogens with one attached hydrogen (secondary N) is 1. The van der Waals surface area contributed by atoms with Crippen molar-refractivity contribution in [3.05, 3.63) is 35.4 Å². The van der Waals surface area contributed by atoms with Gasteiger partial charge in [-0.3, -0.25) is 0 Å². The minimum absolute atomic E-state index is 0.346. The van der Waals surface area contributed by atoms with Gasteiger partial charge in [-0.25, -0.2) is 0 Å². The maximum absolute atomic E-state index is 12.4. The molecule has 1 aromatic carbocycles. The van der Waals surface area contributed by atoms with E-state index in [1.54, 1.807) is 0 Å². The van der Waals surface area contributed by atoms with Crippen molar-refractivity contribution in [3.8, 4) is 0 Å². The first-order valence-electron chi connectivity index (χ1n) is 7.25. The molecule has 0 saturated carbocycles. The lowest BCUT2D eigenvalue weighted by Crippen LogP contribution is -2.32. The topological polar surface area (TPSA) is 35.5 Å². The normalized spacial score (nSPS) is 18.1. The van der Waals surface area contributed by atoms with Gasteiger partial charge in [0.2, 0.25) is 0 Å². The summed E-state index contributed by atoms with van der Waals surface area (Å²) in [5.74, 6) is 0. The van der Waals surface area contributed by atoms with E-state index >= 15 is 0 Å². The van der Waals surface area contributed by atoms with E-state index in [4.69, 9.17) is 0 Å². The second kappa shape index (κ2) is 7.24. The lowest BCUT2D eigenvalue weighted by Gasteiger charge is -2.17. The summed E-state index contributed by atoms with van der Waals surface area (Å²) in [4.78, 5) is 2.36. The molecule has 0 bridgehead atoms. The Bertz CT molecular complexity index is 428. The summed E-state index contributed by atoms with van der Waals surface area (Å²) in [6, 6.07) is 4.66. The van der Waals surface area contributed by atoms with Crippen molar-refractivity contribution in [3.63, 3.8) is 0 Å². The number of aliphatic hydroxyl groups excluding tert-OH is 1. The molecular weight excluding hydrogens is 281 g/mol. The fourth-order valence-corrected chi connectivity index (χ4v) is 2.49. The van der Waals surface area contributed by atoms with E-state index in [1.807, 2.05) is 0 Å². The molecule has 21 heavy (non-hydrogen) atoms. The third-order valence-electron chi connectivity index (χ3n) is 3.76. The van der Waals surface area contributed by atoms with Gasteiger partial charge in [0, 0.05) is 19.6 Å². The molecule has 0 spiro atoms. The van der Waals surface area contributed by atoms with Gasteiger partial charge >= 0.3 is 6.18 Å². The van der Waals surface area contributed by atoms with Gasteiger partial charge in [-0.15, -0.1) is 0 Å². The van der Waals surface area contributed by atoms with Crippen molar-refractivity contribution in [2.75, 3.05) is 32.7 Å². The molecule has 1 fully saturated rings. The summed E-state index contributed by atoms with van der Waals surface area (Å²) in [5, 5.41) is 13.1. The molecule has 0 amide bonds. The lowest BCUT2D eigenvalue weighted by molar-refractivity contribution is -0.137. The average Bonchev–Trinajstić information content (AvgIpc) is 2.96. The molecule has 0 aromatic heterocycles. The number of rotatable bonds is 6. The van der Waals surface area contributed by atoms with Crippen molar-refractivity contribution >= 4 is 0 Å². The largest absolute Gasteiger partial charge is 0.416 e. The van der Waals surface area contributed by atoms with Crippen LogP contribution in [-0.2, 0) is 6.18 Å². The third-order valence-corrected chi connectivity index (χ3v) is 3.76. The van der Waals surface area contributed by atoms with Crippen LogP contribution in [0, 0.1) is 0 Å². The zero-order valence-electron chi connectivity index (χ0n) is 11.9. The predicted octanol–water partition coefficient (Wildman–Crippen LogP) is 2.42. The first-order chi connectivity index (χ1) is 9.97. The van der Waals surface area contributed by atoms with Gasteiger partial charge in [0.1, 0.15) is 0 Å². The van der Waals surface area contributed by atoms with Gasteiger partial charge in [0.05, 0.1) is 11.7 Å². The Kier molecular flexibility index (Phi) is 5.61. The highest BCUT2D eigenvalue weighted by Gasteiger charge is 2.30. The van der Waals surface area contributed by atoms with E-state index in [0.717, 1.165) is 38.3 Å². The summed E-state index contributed by atoms with van der Waals surface area (Å²) < 4.78 is 37.3. The van der Waals surface area contributed by atoms with Crippen molar-refractivity contribution in [1.29, 1.82) is 0 Å². The molecule has 1 aliphatic heterocycles. The van der Waals surface area contributed by atoms with Crippen LogP contribution in [0.15, 0.2) is 24.3 Å². The highest BCUT2D eigenvalue weighted by Crippen LogP contribution is 2.29. The van der Waals surface area contributed by atoms with Gasteiger partial charge in [0.15, 0.2) is 0 Å². The van der Waals surface area contributed by atoms with Crippen molar-refractivity contribution in [2.24, 2.45) is 0 Å².